The number of hydrogen-bond acceptors (Lipinski definition) is 4. The minimum absolute atomic E-state index is 0.0332. The van der Waals surface area contributed by atoms with Crippen molar-refractivity contribution in [2.24, 2.45) is 5.92 Å². The van der Waals surface area contributed by atoms with Gasteiger partial charge in [-0.1, -0.05) is 43.3 Å². The Morgan fingerprint density at radius 3 is 2.38 bits per heavy atom. The second-order valence-electron chi connectivity index (χ2n) is 8.12. The quantitative estimate of drug-likeness (QED) is 0.479. The number of para-hydroxylation sites is 1. The van der Waals surface area contributed by atoms with E-state index in [0.29, 0.717) is 6.61 Å². The molecule has 0 N–H and O–H groups in total. The molecule has 2 heterocycles. The Labute approximate surface area is 185 Å². The first-order valence-electron chi connectivity index (χ1n) is 11.0. The summed E-state index contributed by atoms with van der Waals surface area (Å²) in [7, 11) is 0. The molecule has 1 aliphatic rings. The number of hydrogen-bond donors (Lipinski definition) is 0. The van der Waals surface area contributed by atoms with Crippen LogP contribution in [0.5, 0.6) is 6.01 Å². The Morgan fingerprint density at radius 2 is 1.72 bits per heavy atom. The monoisotopic (exact) mass is 444 g/mol. The summed E-state index contributed by atoms with van der Waals surface area (Å²) in [5.74, 6) is -0.981. The molecule has 0 bridgehead atoms. The lowest BCUT2D eigenvalue weighted by Gasteiger charge is -2.31. The van der Waals surface area contributed by atoms with Gasteiger partial charge in [0.05, 0.1) is 6.61 Å². The highest BCUT2D eigenvalue weighted by Crippen LogP contribution is 2.25. The maximum atomic E-state index is 14.2. The van der Waals surface area contributed by atoms with E-state index in [4.69, 9.17) is 4.74 Å². The van der Waals surface area contributed by atoms with Crippen molar-refractivity contribution in [1.29, 1.82) is 0 Å². The van der Waals surface area contributed by atoms with Crippen LogP contribution in [-0.4, -0.2) is 39.4 Å². The Hall–Kier alpha value is -2.87. The number of alkyl halides is 2. The summed E-state index contributed by atoms with van der Waals surface area (Å²) in [5, 5.41) is 3.76. The van der Waals surface area contributed by atoms with Crippen LogP contribution in [-0.2, 0) is 13.0 Å². The normalized spacial score (nSPS) is 15.4. The first-order valence-corrected chi connectivity index (χ1v) is 11.0. The highest BCUT2D eigenvalue weighted by Gasteiger charge is 2.24. The second-order valence-corrected chi connectivity index (χ2v) is 8.12. The molecule has 8 heteroatoms. The maximum absolute atomic E-state index is 14.2. The molecule has 0 saturated carbocycles. The van der Waals surface area contributed by atoms with Gasteiger partial charge in [0.2, 0.25) is 5.82 Å². The molecule has 5 nitrogen and oxygen atoms in total. The van der Waals surface area contributed by atoms with Crippen LogP contribution in [0.2, 0.25) is 0 Å². The summed E-state index contributed by atoms with van der Waals surface area (Å²) in [5.41, 5.74) is 2.67. The standard InChI is InChI=1S/C24H27F3N4O/c1-2-17-7-9-18(10-8-17)15-30-13-11-19(12-14-30)16-32-24-28-23(22(26)27)29-31(24)21-6-4-3-5-20(21)25/h3-10,19,22H,2,11-16H2,1H3. The molecule has 32 heavy (non-hydrogen) atoms. The SMILES string of the molecule is CCc1ccc(CN2CCC(COc3nc(C(F)F)nn3-c3ccccc3F)CC2)cc1. The fourth-order valence-corrected chi connectivity index (χ4v) is 3.92. The van der Waals surface area contributed by atoms with Crippen LogP contribution >= 0.6 is 0 Å². The molecule has 0 unspecified atom stereocenters. The molecule has 4 rings (SSSR count). The van der Waals surface area contributed by atoms with Gasteiger partial charge in [-0.25, -0.2) is 13.2 Å². The lowest BCUT2D eigenvalue weighted by molar-refractivity contribution is 0.129. The van der Waals surface area contributed by atoms with Crippen molar-refractivity contribution in [2.45, 2.75) is 39.2 Å². The van der Waals surface area contributed by atoms with Gasteiger partial charge in [0.25, 0.3) is 6.43 Å². The molecular weight excluding hydrogens is 417 g/mol. The topological polar surface area (TPSA) is 43.2 Å². The first kappa shape index (κ1) is 22.3. The van der Waals surface area contributed by atoms with Crippen molar-refractivity contribution in [1.82, 2.24) is 19.7 Å². The van der Waals surface area contributed by atoms with Crippen molar-refractivity contribution in [3.05, 3.63) is 71.3 Å². The fourth-order valence-electron chi connectivity index (χ4n) is 3.92. The Balaban J connectivity index is 1.35. The molecule has 1 aliphatic heterocycles. The predicted molar refractivity (Wildman–Crippen MR) is 116 cm³/mol. The average Bonchev–Trinajstić information content (AvgIpc) is 3.24. The largest absolute Gasteiger partial charge is 0.463 e. The van der Waals surface area contributed by atoms with Gasteiger partial charge >= 0.3 is 6.01 Å². The van der Waals surface area contributed by atoms with E-state index in [1.165, 1.54) is 29.3 Å². The molecule has 1 aromatic heterocycles. The van der Waals surface area contributed by atoms with Gasteiger partial charge in [-0.3, -0.25) is 4.90 Å². The molecular formula is C24H27F3N4O. The van der Waals surface area contributed by atoms with Crippen LogP contribution in [0.4, 0.5) is 13.2 Å². The van der Waals surface area contributed by atoms with Gasteiger partial charge in [-0.2, -0.15) is 9.67 Å². The molecule has 1 fully saturated rings. The Kier molecular flexibility index (Phi) is 7.09. The van der Waals surface area contributed by atoms with E-state index in [1.54, 1.807) is 6.07 Å². The summed E-state index contributed by atoms with van der Waals surface area (Å²) in [4.78, 5) is 6.21. The zero-order valence-electron chi connectivity index (χ0n) is 18.1. The summed E-state index contributed by atoms with van der Waals surface area (Å²) in [6.07, 6.45) is 0.0420. The van der Waals surface area contributed by atoms with E-state index in [2.05, 4.69) is 46.2 Å². The molecule has 0 spiro atoms. The van der Waals surface area contributed by atoms with Crippen molar-refractivity contribution in [2.75, 3.05) is 19.7 Å². The van der Waals surface area contributed by atoms with Gasteiger partial charge in [0, 0.05) is 6.54 Å². The number of piperidine rings is 1. The number of benzene rings is 2. The zero-order chi connectivity index (χ0) is 22.5. The first-order chi connectivity index (χ1) is 15.5. The number of nitrogens with zero attached hydrogens (tertiary/aromatic N) is 4. The Bertz CT molecular complexity index is 1010. The minimum Gasteiger partial charge on any atom is -0.463 e. The molecule has 0 aliphatic carbocycles. The van der Waals surface area contributed by atoms with Gasteiger partial charge < -0.3 is 4.74 Å². The highest BCUT2D eigenvalue weighted by molar-refractivity contribution is 5.34. The fraction of sp³-hybridized carbons (Fsp3) is 0.417. The van der Waals surface area contributed by atoms with E-state index in [0.717, 1.165) is 43.6 Å². The van der Waals surface area contributed by atoms with Gasteiger partial charge in [-0.15, -0.1) is 5.10 Å². The lowest BCUT2D eigenvalue weighted by atomic mass is 9.97. The highest BCUT2D eigenvalue weighted by atomic mass is 19.3. The zero-order valence-corrected chi connectivity index (χ0v) is 18.1. The van der Waals surface area contributed by atoms with Gasteiger partial charge in [-0.05, 0) is 61.5 Å². The maximum Gasteiger partial charge on any atom is 0.320 e. The van der Waals surface area contributed by atoms with E-state index in [1.807, 2.05) is 0 Å². The lowest BCUT2D eigenvalue weighted by Crippen LogP contribution is -2.35. The van der Waals surface area contributed by atoms with E-state index in [9.17, 15) is 13.2 Å². The van der Waals surface area contributed by atoms with Crippen LogP contribution in [0.15, 0.2) is 48.5 Å². The summed E-state index contributed by atoms with van der Waals surface area (Å²) in [6.45, 7) is 5.26. The number of likely N-dealkylation sites (tertiary alicyclic amines) is 1. The average molecular weight is 445 g/mol. The minimum atomic E-state index is -2.86. The molecule has 2 aromatic carbocycles. The molecule has 1 saturated heterocycles. The number of aryl methyl sites for hydroxylation is 1. The van der Waals surface area contributed by atoms with Crippen LogP contribution in [0.25, 0.3) is 5.69 Å². The van der Waals surface area contributed by atoms with Crippen LogP contribution in [0, 0.1) is 11.7 Å². The van der Waals surface area contributed by atoms with Crippen molar-refractivity contribution < 1.29 is 17.9 Å². The van der Waals surface area contributed by atoms with Gasteiger partial charge in [0.1, 0.15) is 11.5 Å². The van der Waals surface area contributed by atoms with E-state index in [-0.39, 0.29) is 17.6 Å². The predicted octanol–water partition coefficient (Wildman–Crippen LogP) is 5.20. The van der Waals surface area contributed by atoms with Crippen LogP contribution in [0.3, 0.4) is 0 Å². The molecule has 0 atom stereocenters. The smallest absolute Gasteiger partial charge is 0.320 e. The van der Waals surface area contributed by atoms with E-state index < -0.39 is 18.1 Å². The Morgan fingerprint density at radius 1 is 1.03 bits per heavy atom. The number of aromatic nitrogens is 3. The van der Waals surface area contributed by atoms with Crippen LogP contribution in [0.1, 0.15) is 43.1 Å². The van der Waals surface area contributed by atoms with Crippen molar-refractivity contribution in [3.63, 3.8) is 0 Å². The summed E-state index contributed by atoms with van der Waals surface area (Å²) in [6, 6.07) is 14.4. The third-order valence-electron chi connectivity index (χ3n) is 5.86. The molecule has 0 amide bonds. The van der Waals surface area contributed by atoms with Crippen molar-refractivity contribution in [3.8, 4) is 11.7 Å². The third-order valence-corrected chi connectivity index (χ3v) is 5.86. The van der Waals surface area contributed by atoms with Crippen LogP contribution < -0.4 is 4.74 Å². The number of rotatable bonds is 8. The molecule has 0 radical (unpaired) electrons. The van der Waals surface area contributed by atoms with Gasteiger partial charge in [0.15, 0.2) is 0 Å². The van der Waals surface area contributed by atoms with E-state index >= 15 is 0 Å². The molecule has 3 aromatic rings. The molecule has 170 valence electrons. The van der Waals surface area contributed by atoms with Crippen molar-refractivity contribution >= 4 is 0 Å². The summed E-state index contributed by atoms with van der Waals surface area (Å²) >= 11 is 0. The number of ether oxygens (including phenoxy) is 1. The third kappa shape index (κ3) is 5.30. The number of halogens is 3. The second kappa shape index (κ2) is 10.2. The summed E-state index contributed by atoms with van der Waals surface area (Å²) < 4.78 is 47.3.